The fourth-order valence-corrected chi connectivity index (χ4v) is 2.51. The number of carbonyl (C=O) groups is 1. The van der Waals surface area contributed by atoms with Gasteiger partial charge in [-0.15, -0.1) is 11.6 Å². The molecule has 0 aromatic heterocycles. The van der Waals surface area contributed by atoms with Gasteiger partial charge in [0, 0.05) is 11.8 Å². The first-order valence-corrected chi connectivity index (χ1v) is 8.35. The fourth-order valence-electron chi connectivity index (χ4n) is 2.20. The lowest BCUT2D eigenvalue weighted by Crippen LogP contribution is -1.99. The number of hydrogen-bond acceptors (Lipinski definition) is 2. The lowest BCUT2D eigenvalue weighted by molar-refractivity contribution is -0.140. The van der Waals surface area contributed by atoms with Crippen LogP contribution < -0.4 is 0 Å². The van der Waals surface area contributed by atoms with Crippen LogP contribution in [0.1, 0.15) is 84.0 Å². The maximum absolute atomic E-state index is 10.9. The Morgan fingerprint density at radius 2 is 1.47 bits per heavy atom. The summed E-state index contributed by atoms with van der Waals surface area (Å²) in [7, 11) is 1.45. The van der Waals surface area contributed by atoms with Crippen LogP contribution in [-0.2, 0) is 9.53 Å². The van der Waals surface area contributed by atoms with Gasteiger partial charge >= 0.3 is 5.97 Å². The van der Waals surface area contributed by atoms with Crippen molar-refractivity contribution in [2.24, 2.45) is 0 Å². The first-order valence-electron chi connectivity index (χ1n) is 7.91. The number of halogens is 1. The van der Waals surface area contributed by atoms with Crippen LogP contribution in [0.15, 0.2) is 0 Å². The Labute approximate surface area is 124 Å². The molecule has 0 aromatic rings. The van der Waals surface area contributed by atoms with Crippen molar-refractivity contribution in [1.29, 1.82) is 0 Å². The summed E-state index contributed by atoms with van der Waals surface area (Å²) in [4.78, 5) is 10.9. The van der Waals surface area contributed by atoms with E-state index in [0.29, 0.717) is 11.8 Å². The minimum atomic E-state index is -0.0861. The van der Waals surface area contributed by atoms with Crippen molar-refractivity contribution >= 4 is 17.6 Å². The third kappa shape index (κ3) is 14.0. The third-order valence-electron chi connectivity index (χ3n) is 3.50. The van der Waals surface area contributed by atoms with E-state index in [9.17, 15) is 4.79 Å². The maximum Gasteiger partial charge on any atom is 0.305 e. The Morgan fingerprint density at radius 3 is 2.05 bits per heavy atom. The standard InChI is InChI=1S/C16H31ClO2/c1-3-4-9-12-15(17)13-10-7-5-6-8-11-14-16(18)19-2/h15H,3-14H2,1-2H3. The van der Waals surface area contributed by atoms with E-state index in [-0.39, 0.29) is 5.97 Å². The summed E-state index contributed by atoms with van der Waals surface area (Å²) in [5, 5.41) is 0.380. The molecule has 0 aromatic carbocycles. The zero-order chi connectivity index (χ0) is 14.3. The molecule has 114 valence electrons. The number of hydrogen-bond donors (Lipinski definition) is 0. The molecule has 0 N–H and O–H groups in total. The molecule has 0 aliphatic rings. The SMILES string of the molecule is CCCCCC(Cl)CCCCCCCCC(=O)OC. The Balaban J connectivity index is 3.15. The second-order valence-corrected chi connectivity index (χ2v) is 5.95. The summed E-state index contributed by atoms with van der Waals surface area (Å²) in [5.74, 6) is -0.0861. The van der Waals surface area contributed by atoms with Crippen LogP contribution in [0.3, 0.4) is 0 Å². The molecule has 0 saturated carbocycles. The largest absolute Gasteiger partial charge is 0.469 e. The van der Waals surface area contributed by atoms with Crippen LogP contribution >= 0.6 is 11.6 Å². The molecular formula is C16H31ClO2. The minimum Gasteiger partial charge on any atom is -0.469 e. The highest BCUT2D eigenvalue weighted by molar-refractivity contribution is 6.20. The van der Waals surface area contributed by atoms with Gasteiger partial charge in [0.1, 0.15) is 0 Å². The number of unbranched alkanes of at least 4 members (excludes halogenated alkanes) is 7. The van der Waals surface area contributed by atoms with Crippen molar-refractivity contribution in [3.05, 3.63) is 0 Å². The van der Waals surface area contributed by atoms with Gasteiger partial charge in [0.05, 0.1) is 7.11 Å². The van der Waals surface area contributed by atoms with E-state index >= 15 is 0 Å². The number of alkyl halides is 1. The van der Waals surface area contributed by atoms with Crippen LogP contribution in [0.25, 0.3) is 0 Å². The second kappa shape index (κ2) is 14.2. The molecule has 0 saturated heterocycles. The number of methoxy groups -OCH3 is 1. The molecule has 3 heteroatoms. The van der Waals surface area contributed by atoms with Gasteiger partial charge in [0.15, 0.2) is 0 Å². The molecule has 0 aliphatic carbocycles. The van der Waals surface area contributed by atoms with Crippen molar-refractivity contribution in [2.75, 3.05) is 7.11 Å². The maximum atomic E-state index is 10.9. The zero-order valence-corrected chi connectivity index (χ0v) is 13.5. The van der Waals surface area contributed by atoms with Gasteiger partial charge < -0.3 is 4.74 Å². The zero-order valence-electron chi connectivity index (χ0n) is 12.8. The molecule has 0 fully saturated rings. The molecule has 19 heavy (non-hydrogen) atoms. The van der Waals surface area contributed by atoms with E-state index < -0.39 is 0 Å². The number of ether oxygens (including phenoxy) is 1. The molecule has 0 radical (unpaired) electrons. The van der Waals surface area contributed by atoms with Gasteiger partial charge in [-0.2, -0.15) is 0 Å². The summed E-state index contributed by atoms with van der Waals surface area (Å²) in [5.41, 5.74) is 0. The minimum absolute atomic E-state index is 0.0861. The summed E-state index contributed by atoms with van der Waals surface area (Å²) in [6.45, 7) is 2.23. The van der Waals surface area contributed by atoms with Crippen molar-refractivity contribution < 1.29 is 9.53 Å². The summed E-state index contributed by atoms with van der Waals surface area (Å²) >= 11 is 6.28. The van der Waals surface area contributed by atoms with Crippen LogP contribution in [0.5, 0.6) is 0 Å². The van der Waals surface area contributed by atoms with Crippen molar-refractivity contribution in [3.8, 4) is 0 Å². The molecule has 1 unspecified atom stereocenters. The fraction of sp³-hybridized carbons (Fsp3) is 0.938. The van der Waals surface area contributed by atoms with Gasteiger partial charge in [-0.3, -0.25) is 4.79 Å². The van der Waals surface area contributed by atoms with Crippen LogP contribution in [0, 0.1) is 0 Å². The van der Waals surface area contributed by atoms with E-state index in [1.165, 1.54) is 58.5 Å². The Hall–Kier alpha value is -0.240. The summed E-state index contributed by atoms with van der Waals surface area (Å²) in [6, 6.07) is 0. The average molecular weight is 291 g/mol. The normalized spacial score (nSPS) is 12.4. The summed E-state index contributed by atoms with van der Waals surface area (Å²) in [6.07, 6.45) is 13.9. The molecular weight excluding hydrogens is 260 g/mol. The van der Waals surface area contributed by atoms with Gasteiger partial charge in [-0.05, 0) is 19.3 Å². The Kier molecular flexibility index (Phi) is 14.0. The van der Waals surface area contributed by atoms with Crippen molar-refractivity contribution in [2.45, 2.75) is 89.4 Å². The van der Waals surface area contributed by atoms with E-state index in [4.69, 9.17) is 11.6 Å². The molecule has 0 heterocycles. The van der Waals surface area contributed by atoms with Gasteiger partial charge in [0.2, 0.25) is 0 Å². The number of carbonyl (C=O) groups excluding carboxylic acids is 1. The molecule has 0 bridgehead atoms. The molecule has 0 amide bonds. The van der Waals surface area contributed by atoms with Crippen LogP contribution in [-0.4, -0.2) is 18.5 Å². The monoisotopic (exact) mass is 290 g/mol. The third-order valence-corrected chi connectivity index (χ3v) is 3.93. The van der Waals surface area contributed by atoms with E-state index in [2.05, 4.69) is 11.7 Å². The molecule has 0 rings (SSSR count). The molecule has 0 aliphatic heterocycles. The first kappa shape index (κ1) is 18.8. The lowest BCUT2D eigenvalue weighted by atomic mass is 10.0. The van der Waals surface area contributed by atoms with E-state index in [0.717, 1.165) is 19.3 Å². The smallest absolute Gasteiger partial charge is 0.305 e. The molecule has 1 atom stereocenters. The van der Waals surface area contributed by atoms with Gasteiger partial charge in [-0.1, -0.05) is 58.3 Å². The quantitative estimate of drug-likeness (QED) is 0.255. The van der Waals surface area contributed by atoms with Gasteiger partial charge in [-0.25, -0.2) is 0 Å². The molecule has 0 spiro atoms. The second-order valence-electron chi connectivity index (χ2n) is 5.33. The molecule has 2 nitrogen and oxygen atoms in total. The van der Waals surface area contributed by atoms with Gasteiger partial charge in [0.25, 0.3) is 0 Å². The predicted octanol–water partition coefficient (Wildman–Crippen LogP) is 5.47. The number of rotatable bonds is 13. The average Bonchev–Trinajstić information content (AvgIpc) is 2.41. The highest BCUT2D eigenvalue weighted by atomic mass is 35.5. The van der Waals surface area contributed by atoms with E-state index in [1.807, 2.05) is 0 Å². The summed E-state index contributed by atoms with van der Waals surface area (Å²) < 4.78 is 4.61. The highest BCUT2D eigenvalue weighted by Crippen LogP contribution is 2.17. The number of esters is 1. The first-order chi connectivity index (χ1) is 9.20. The Morgan fingerprint density at radius 1 is 0.947 bits per heavy atom. The van der Waals surface area contributed by atoms with Crippen molar-refractivity contribution in [3.63, 3.8) is 0 Å². The van der Waals surface area contributed by atoms with E-state index in [1.54, 1.807) is 0 Å². The van der Waals surface area contributed by atoms with Crippen LogP contribution in [0.2, 0.25) is 0 Å². The lowest BCUT2D eigenvalue weighted by Gasteiger charge is -2.08. The Bertz CT molecular complexity index is 207. The highest BCUT2D eigenvalue weighted by Gasteiger charge is 2.04. The van der Waals surface area contributed by atoms with Crippen molar-refractivity contribution in [1.82, 2.24) is 0 Å². The van der Waals surface area contributed by atoms with Crippen LogP contribution in [0.4, 0.5) is 0 Å². The predicted molar refractivity (Wildman–Crippen MR) is 82.7 cm³/mol. The topological polar surface area (TPSA) is 26.3 Å².